The summed E-state index contributed by atoms with van der Waals surface area (Å²) in [5.41, 5.74) is 3.47. The molecule has 1 aromatic carbocycles. The lowest BCUT2D eigenvalue weighted by Gasteiger charge is -2.42. The van der Waals surface area contributed by atoms with E-state index in [1.54, 1.807) is 15.7 Å². The minimum absolute atomic E-state index is 0.0659. The van der Waals surface area contributed by atoms with E-state index in [0.717, 1.165) is 41.1 Å². The fraction of sp³-hybridized carbons (Fsp3) is 0.375. The third-order valence-electron chi connectivity index (χ3n) is 7.08. The van der Waals surface area contributed by atoms with Gasteiger partial charge in [0.25, 0.3) is 5.56 Å². The molecule has 2 aliphatic heterocycles. The molecule has 2 saturated heterocycles. The van der Waals surface area contributed by atoms with Crippen LogP contribution in [0.1, 0.15) is 29.2 Å². The quantitative estimate of drug-likeness (QED) is 0.467. The highest BCUT2D eigenvalue weighted by molar-refractivity contribution is 5.89. The van der Waals surface area contributed by atoms with Crippen LogP contribution in [0.2, 0.25) is 0 Å². The molecule has 0 saturated carbocycles. The Morgan fingerprint density at radius 3 is 2.65 bits per heavy atom. The highest BCUT2D eigenvalue weighted by Crippen LogP contribution is 2.34. The zero-order valence-corrected chi connectivity index (χ0v) is 19.4. The normalized spacial score (nSPS) is 17.3. The number of aryl methyl sites for hydroxylation is 2. The lowest BCUT2D eigenvalue weighted by atomic mass is 9.98. The minimum Gasteiger partial charge on any atom is -0.338 e. The summed E-state index contributed by atoms with van der Waals surface area (Å²) in [5, 5.41) is 8.04. The second kappa shape index (κ2) is 7.36. The van der Waals surface area contributed by atoms with Crippen LogP contribution in [0.15, 0.2) is 35.8 Å². The summed E-state index contributed by atoms with van der Waals surface area (Å²) in [6.45, 7) is 10.2. The maximum atomic E-state index is 14.1. The Labute approximate surface area is 195 Å². The molecule has 2 aliphatic rings. The number of hydrogen-bond acceptors (Lipinski definition) is 6. The molecular formula is C24H26N8O2. The molecule has 10 heteroatoms. The van der Waals surface area contributed by atoms with E-state index in [2.05, 4.69) is 33.3 Å². The molecule has 0 spiro atoms. The van der Waals surface area contributed by atoms with Crippen molar-refractivity contribution in [2.75, 3.05) is 33.2 Å². The van der Waals surface area contributed by atoms with Crippen LogP contribution in [0.3, 0.4) is 0 Å². The summed E-state index contributed by atoms with van der Waals surface area (Å²) in [7, 11) is 2.06. The predicted octanol–water partition coefficient (Wildman–Crippen LogP) is 1.67. The molecule has 2 fully saturated rings. The number of rotatable bonds is 4. The fourth-order valence-electron chi connectivity index (χ4n) is 5.28. The monoisotopic (exact) mass is 458 g/mol. The minimum atomic E-state index is -0.133. The molecule has 4 aromatic rings. The third-order valence-corrected chi connectivity index (χ3v) is 7.08. The molecule has 0 aliphatic carbocycles. The van der Waals surface area contributed by atoms with Gasteiger partial charge in [0.1, 0.15) is 11.6 Å². The van der Waals surface area contributed by atoms with Crippen LogP contribution in [0, 0.1) is 13.8 Å². The molecule has 0 bridgehead atoms. The van der Waals surface area contributed by atoms with Gasteiger partial charge in [-0.2, -0.15) is 5.10 Å². The van der Waals surface area contributed by atoms with Gasteiger partial charge in [-0.3, -0.25) is 19.3 Å². The average Bonchev–Trinajstić information content (AvgIpc) is 3.36. The molecule has 3 aromatic heterocycles. The number of likely N-dealkylation sites (tertiary alicyclic amines) is 2. The largest absolute Gasteiger partial charge is 0.338 e. The van der Waals surface area contributed by atoms with E-state index in [9.17, 15) is 9.59 Å². The molecule has 10 nitrogen and oxygen atoms in total. The van der Waals surface area contributed by atoms with Crippen LogP contribution in [0.5, 0.6) is 0 Å². The maximum absolute atomic E-state index is 14.1. The Kier molecular flexibility index (Phi) is 4.50. The molecular weight excluding hydrogens is 432 g/mol. The zero-order valence-electron chi connectivity index (χ0n) is 19.4. The topological polar surface area (TPSA) is 105 Å². The van der Waals surface area contributed by atoms with E-state index < -0.39 is 0 Å². The highest BCUT2D eigenvalue weighted by atomic mass is 16.2. The summed E-state index contributed by atoms with van der Waals surface area (Å²) in [6, 6.07) is 4.09. The first kappa shape index (κ1) is 20.8. The second-order valence-corrected chi connectivity index (χ2v) is 9.39. The first-order chi connectivity index (χ1) is 16.4. The number of nitrogens with one attached hydrogen (secondary N) is 1. The van der Waals surface area contributed by atoms with Gasteiger partial charge in [-0.25, -0.2) is 9.97 Å². The van der Waals surface area contributed by atoms with Gasteiger partial charge >= 0.3 is 0 Å². The highest BCUT2D eigenvalue weighted by Gasteiger charge is 2.38. The molecule has 0 atom stereocenters. The van der Waals surface area contributed by atoms with Crippen molar-refractivity contribution in [3.8, 4) is 5.69 Å². The number of aromatic amines is 1. The van der Waals surface area contributed by atoms with Crippen LogP contribution in [0.4, 0.5) is 0 Å². The van der Waals surface area contributed by atoms with Crippen molar-refractivity contribution in [3.05, 3.63) is 58.6 Å². The number of likely N-dealkylation sites (N-methyl/N-ethyl adjacent to an activating group) is 1. The zero-order chi connectivity index (χ0) is 23.7. The van der Waals surface area contributed by atoms with Gasteiger partial charge in [0.2, 0.25) is 5.91 Å². The van der Waals surface area contributed by atoms with E-state index >= 15 is 0 Å². The summed E-state index contributed by atoms with van der Waals surface area (Å²) < 4.78 is 3.78. The van der Waals surface area contributed by atoms with Gasteiger partial charge in [-0.15, -0.1) is 0 Å². The van der Waals surface area contributed by atoms with E-state index in [0.29, 0.717) is 30.1 Å². The molecule has 34 heavy (non-hydrogen) atoms. The van der Waals surface area contributed by atoms with E-state index in [-0.39, 0.29) is 23.4 Å². The molecule has 174 valence electrons. The van der Waals surface area contributed by atoms with Gasteiger partial charge in [0.15, 0.2) is 11.2 Å². The Morgan fingerprint density at radius 1 is 1.18 bits per heavy atom. The van der Waals surface area contributed by atoms with Gasteiger partial charge < -0.3 is 14.4 Å². The van der Waals surface area contributed by atoms with Crippen molar-refractivity contribution < 1.29 is 4.79 Å². The fourth-order valence-corrected chi connectivity index (χ4v) is 5.28. The number of carbonyl (C=O) groups excluding carboxylic acids is 1. The summed E-state index contributed by atoms with van der Waals surface area (Å²) in [4.78, 5) is 39.7. The van der Waals surface area contributed by atoms with Crippen LogP contribution >= 0.6 is 0 Å². The Hall–Kier alpha value is -3.79. The number of hydrogen-bond donors (Lipinski definition) is 1. The Balaban J connectivity index is 1.56. The first-order valence-electron chi connectivity index (χ1n) is 11.4. The first-order valence-corrected chi connectivity index (χ1v) is 11.4. The number of aromatic nitrogens is 6. The Morgan fingerprint density at radius 2 is 1.94 bits per heavy atom. The summed E-state index contributed by atoms with van der Waals surface area (Å²) in [6.07, 6.45) is 3.08. The third kappa shape index (κ3) is 2.88. The van der Waals surface area contributed by atoms with Crippen molar-refractivity contribution in [3.63, 3.8) is 0 Å². The van der Waals surface area contributed by atoms with Crippen LogP contribution in [0.25, 0.3) is 27.8 Å². The van der Waals surface area contributed by atoms with Crippen molar-refractivity contribution >= 4 is 28.0 Å². The Bertz CT molecular complexity index is 1530. The van der Waals surface area contributed by atoms with Crippen molar-refractivity contribution in [1.29, 1.82) is 0 Å². The number of H-pyrrole nitrogens is 1. The second-order valence-electron chi connectivity index (χ2n) is 9.39. The van der Waals surface area contributed by atoms with Crippen LogP contribution in [-0.2, 0) is 4.79 Å². The number of benzene rings is 1. The van der Waals surface area contributed by atoms with Crippen molar-refractivity contribution in [2.45, 2.75) is 25.8 Å². The van der Waals surface area contributed by atoms with Crippen LogP contribution < -0.4 is 5.56 Å². The number of amides is 1. The van der Waals surface area contributed by atoms with E-state index in [1.165, 1.54) is 6.08 Å². The lowest BCUT2D eigenvalue weighted by molar-refractivity contribution is -0.130. The number of nitrogens with zero attached hydrogens (tertiary/aromatic N) is 7. The lowest BCUT2D eigenvalue weighted by Crippen LogP contribution is -2.51. The molecule has 1 amide bonds. The standard InChI is InChI=1S/C24H26N8O2/c1-5-19(33)30-9-15(10-30)23-27-22-21(32(23)16-11-29(4)12-16)24(34)31(14(3)26-22)20-13(2)6-7-18-17(20)8-25-28-18/h5-8,15-16H,1,9-12H2,2-4H3,(H,25,28). The number of fused-ring (bicyclic) bond motifs is 2. The average molecular weight is 459 g/mol. The molecule has 5 heterocycles. The summed E-state index contributed by atoms with van der Waals surface area (Å²) >= 11 is 0. The van der Waals surface area contributed by atoms with E-state index in [1.807, 2.05) is 26.0 Å². The van der Waals surface area contributed by atoms with Crippen molar-refractivity contribution in [1.82, 2.24) is 39.1 Å². The summed E-state index contributed by atoms with van der Waals surface area (Å²) in [5.74, 6) is 1.40. The van der Waals surface area contributed by atoms with Gasteiger partial charge in [0, 0.05) is 31.6 Å². The molecule has 0 radical (unpaired) electrons. The van der Waals surface area contributed by atoms with Gasteiger partial charge in [-0.1, -0.05) is 12.6 Å². The molecule has 6 rings (SSSR count). The predicted molar refractivity (Wildman–Crippen MR) is 128 cm³/mol. The molecule has 1 N–H and O–H groups in total. The number of imidazole rings is 1. The van der Waals surface area contributed by atoms with E-state index in [4.69, 9.17) is 9.97 Å². The van der Waals surface area contributed by atoms with Gasteiger partial charge in [0.05, 0.1) is 29.4 Å². The van der Waals surface area contributed by atoms with Crippen molar-refractivity contribution in [2.24, 2.45) is 0 Å². The smallest absolute Gasteiger partial charge is 0.284 e. The van der Waals surface area contributed by atoms with Gasteiger partial charge in [-0.05, 0) is 38.6 Å². The SMILES string of the molecule is C=CC(=O)N1CC(c2nc3nc(C)n(-c4c(C)ccc5[nH]ncc45)c(=O)c3n2C2CN(C)C2)C1. The van der Waals surface area contributed by atoms with Crippen LogP contribution in [-0.4, -0.2) is 78.2 Å². The number of carbonyl (C=O) groups is 1. The molecule has 0 unspecified atom stereocenters. The maximum Gasteiger partial charge on any atom is 0.284 e.